The minimum absolute atomic E-state index is 0.0165. The average molecular weight is 296 g/mol. The van der Waals surface area contributed by atoms with Gasteiger partial charge in [0.2, 0.25) is 0 Å². The van der Waals surface area contributed by atoms with E-state index in [4.69, 9.17) is 4.74 Å². The van der Waals surface area contributed by atoms with Crippen molar-refractivity contribution in [3.8, 4) is 0 Å². The fourth-order valence-electron chi connectivity index (χ4n) is 5.95. The van der Waals surface area contributed by atoms with Crippen LogP contribution in [0.15, 0.2) is 0 Å². The van der Waals surface area contributed by atoms with Gasteiger partial charge in [-0.25, -0.2) is 0 Å². The van der Waals surface area contributed by atoms with Crippen molar-refractivity contribution in [2.75, 3.05) is 11.5 Å². The van der Waals surface area contributed by atoms with E-state index in [1.54, 1.807) is 0 Å². The van der Waals surface area contributed by atoms with Crippen LogP contribution in [0.1, 0.15) is 39.0 Å². The zero-order chi connectivity index (χ0) is 12.9. The van der Waals surface area contributed by atoms with Gasteiger partial charge >= 0.3 is 5.97 Å². The van der Waals surface area contributed by atoms with Crippen LogP contribution in [0.25, 0.3) is 0 Å². The quantitative estimate of drug-likeness (QED) is 0.730. The molecule has 0 amide bonds. The molecule has 1 saturated heterocycles. The molecule has 1 heterocycles. The Morgan fingerprint density at radius 3 is 2.79 bits per heavy atom. The second kappa shape index (κ2) is 3.32. The Balaban J connectivity index is 1.49. The molecule has 0 aromatic carbocycles. The van der Waals surface area contributed by atoms with Gasteiger partial charge in [0.15, 0.2) is 0 Å². The Morgan fingerprint density at radius 1 is 1.26 bits per heavy atom. The highest BCUT2D eigenvalue weighted by molar-refractivity contribution is 8.21. The van der Waals surface area contributed by atoms with Gasteiger partial charge in [0.05, 0.1) is 4.08 Å². The Kier molecular flexibility index (Phi) is 2.06. The van der Waals surface area contributed by atoms with E-state index in [1.165, 1.54) is 37.2 Å². The maximum atomic E-state index is 11.8. The second-order valence-corrected chi connectivity index (χ2v) is 10.1. The van der Waals surface area contributed by atoms with E-state index in [0.29, 0.717) is 15.9 Å². The molecule has 0 radical (unpaired) electrons. The van der Waals surface area contributed by atoms with Crippen molar-refractivity contribution < 1.29 is 9.53 Å². The van der Waals surface area contributed by atoms with Gasteiger partial charge in [0, 0.05) is 23.3 Å². The number of esters is 1. The Labute approximate surface area is 122 Å². The zero-order valence-corrected chi connectivity index (χ0v) is 12.9. The molecule has 1 aliphatic heterocycles. The summed E-state index contributed by atoms with van der Waals surface area (Å²) < 4.78 is 6.49. The fourth-order valence-corrected chi connectivity index (χ4v) is 9.84. The summed E-state index contributed by atoms with van der Waals surface area (Å²) in [4.78, 5) is 11.8. The lowest BCUT2D eigenvalue weighted by atomic mass is 9.60. The second-order valence-electron chi connectivity index (χ2n) is 7.13. The highest BCUT2D eigenvalue weighted by Gasteiger charge is 2.88. The van der Waals surface area contributed by atoms with Gasteiger partial charge in [-0.05, 0) is 43.4 Å². The summed E-state index contributed by atoms with van der Waals surface area (Å²) in [7, 11) is 0. The molecule has 19 heavy (non-hydrogen) atoms. The Bertz CT molecular complexity index is 473. The van der Waals surface area contributed by atoms with Crippen LogP contribution in [0, 0.1) is 23.2 Å². The molecule has 5 fully saturated rings. The van der Waals surface area contributed by atoms with Gasteiger partial charge in [-0.3, -0.25) is 4.79 Å². The number of hydrogen-bond donors (Lipinski definition) is 0. The van der Waals surface area contributed by atoms with Crippen molar-refractivity contribution in [3.63, 3.8) is 0 Å². The number of carbonyl (C=O) groups excluding carboxylic acids is 1. The third-order valence-electron chi connectivity index (χ3n) is 6.70. The van der Waals surface area contributed by atoms with Gasteiger partial charge in [-0.1, -0.05) is 6.92 Å². The van der Waals surface area contributed by atoms with E-state index in [1.807, 2.05) is 6.92 Å². The fraction of sp³-hybridized carbons (Fsp3) is 0.933. The monoisotopic (exact) mass is 296 g/mol. The van der Waals surface area contributed by atoms with Gasteiger partial charge < -0.3 is 4.74 Å². The third kappa shape index (κ3) is 1.12. The molecule has 104 valence electrons. The van der Waals surface area contributed by atoms with E-state index in [2.05, 4.69) is 23.5 Å². The van der Waals surface area contributed by atoms with Gasteiger partial charge in [-0.2, -0.15) is 0 Å². The van der Waals surface area contributed by atoms with Gasteiger partial charge in [0.1, 0.15) is 5.60 Å². The lowest BCUT2D eigenvalue weighted by Gasteiger charge is -2.48. The number of ether oxygens (including phenoxy) is 1. The van der Waals surface area contributed by atoms with Crippen molar-refractivity contribution in [3.05, 3.63) is 0 Å². The van der Waals surface area contributed by atoms with Crippen LogP contribution in [0.5, 0.6) is 0 Å². The largest absolute Gasteiger partial charge is 0.458 e. The van der Waals surface area contributed by atoms with Crippen molar-refractivity contribution >= 4 is 29.5 Å². The predicted molar refractivity (Wildman–Crippen MR) is 78.1 cm³/mol. The van der Waals surface area contributed by atoms with E-state index < -0.39 is 0 Å². The van der Waals surface area contributed by atoms with Crippen molar-refractivity contribution in [2.24, 2.45) is 23.2 Å². The summed E-state index contributed by atoms with van der Waals surface area (Å²) in [6.45, 7) is 1.92. The summed E-state index contributed by atoms with van der Waals surface area (Å²) in [6, 6.07) is 0. The molecule has 0 N–H and O–H groups in total. The molecule has 2 spiro atoms. The molecule has 4 saturated carbocycles. The first-order valence-electron chi connectivity index (χ1n) is 7.66. The van der Waals surface area contributed by atoms with Crippen molar-refractivity contribution in [1.82, 2.24) is 0 Å². The SMILES string of the molecule is CCC(=O)OC12CC3CC4C(CC41C2)C31SCCS1. The smallest absolute Gasteiger partial charge is 0.306 e. The Hall–Kier alpha value is 0.170. The molecule has 5 unspecified atom stereocenters. The predicted octanol–water partition coefficient (Wildman–Crippen LogP) is 3.30. The standard InChI is InChI=1S/C15H20O2S2/c1-2-12(16)17-14-6-9-5-10-11(7-13(10,14)8-14)15(9)18-3-4-19-15/h9-11H,2-8H2,1H3. The van der Waals surface area contributed by atoms with Crippen LogP contribution in [0.3, 0.4) is 0 Å². The van der Waals surface area contributed by atoms with Crippen LogP contribution < -0.4 is 0 Å². The summed E-state index contributed by atoms with van der Waals surface area (Å²) >= 11 is 4.48. The van der Waals surface area contributed by atoms with Crippen LogP contribution in [0.2, 0.25) is 0 Å². The van der Waals surface area contributed by atoms with Gasteiger partial charge in [0.25, 0.3) is 0 Å². The summed E-state index contributed by atoms with van der Waals surface area (Å²) in [5, 5.41) is 0. The molecule has 2 bridgehead atoms. The molecule has 4 aliphatic carbocycles. The first-order valence-corrected chi connectivity index (χ1v) is 9.63. The molecule has 0 aromatic rings. The van der Waals surface area contributed by atoms with E-state index in [-0.39, 0.29) is 11.6 Å². The topological polar surface area (TPSA) is 26.3 Å². The summed E-state index contributed by atoms with van der Waals surface area (Å²) in [6.07, 6.45) is 5.67. The van der Waals surface area contributed by atoms with Crippen LogP contribution in [0.4, 0.5) is 0 Å². The number of rotatable bonds is 2. The average Bonchev–Trinajstić information content (AvgIpc) is 2.76. The number of thioether (sulfide) groups is 2. The minimum Gasteiger partial charge on any atom is -0.458 e. The van der Waals surface area contributed by atoms with Crippen LogP contribution in [-0.4, -0.2) is 27.2 Å². The lowest BCUT2D eigenvalue weighted by molar-refractivity contribution is -0.160. The number of hydrogen-bond acceptors (Lipinski definition) is 4. The highest BCUT2D eigenvalue weighted by atomic mass is 32.2. The minimum atomic E-state index is -0.0165. The number of carbonyl (C=O) groups is 1. The summed E-state index contributed by atoms with van der Waals surface area (Å²) in [5.74, 6) is 5.32. The highest BCUT2D eigenvalue weighted by Crippen LogP contribution is 2.88. The summed E-state index contributed by atoms with van der Waals surface area (Å²) in [5.41, 5.74) is 0.420. The van der Waals surface area contributed by atoms with E-state index in [9.17, 15) is 4.79 Å². The van der Waals surface area contributed by atoms with E-state index >= 15 is 0 Å². The molecule has 0 aromatic heterocycles. The normalized spacial score (nSPS) is 54.7. The maximum absolute atomic E-state index is 11.8. The van der Waals surface area contributed by atoms with Gasteiger partial charge in [-0.15, -0.1) is 23.5 Å². The zero-order valence-electron chi connectivity index (χ0n) is 11.3. The maximum Gasteiger partial charge on any atom is 0.306 e. The first kappa shape index (κ1) is 11.8. The van der Waals surface area contributed by atoms with E-state index in [0.717, 1.165) is 17.8 Å². The van der Waals surface area contributed by atoms with Crippen LogP contribution in [-0.2, 0) is 9.53 Å². The Morgan fingerprint density at radius 2 is 2.05 bits per heavy atom. The van der Waals surface area contributed by atoms with Crippen molar-refractivity contribution in [1.29, 1.82) is 0 Å². The number of fused-ring (bicyclic) bond motifs is 3. The molecule has 5 rings (SSSR count). The molecule has 5 atom stereocenters. The molecular formula is C15H20O2S2. The molecule has 5 aliphatic rings. The first-order chi connectivity index (χ1) is 9.16. The molecule has 2 nitrogen and oxygen atoms in total. The third-order valence-corrected chi connectivity index (χ3v) is 10.7. The molecule has 4 heteroatoms. The van der Waals surface area contributed by atoms with Crippen molar-refractivity contribution in [2.45, 2.75) is 48.7 Å². The van der Waals surface area contributed by atoms with Crippen LogP contribution >= 0.6 is 23.5 Å². The molecular weight excluding hydrogens is 276 g/mol. The lowest BCUT2D eigenvalue weighted by Crippen LogP contribution is -2.46.